The number of aromatic nitrogens is 1. The van der Waals surface area contributed by atoms with E-state index in [0.717, 1.165) is 5.56 Å². The Morgan fingerprint density at radius 3 is 2.56 bits per heavy atom. The molecule has 2 rings (SSSR count). The van der Waals surface area contributed by atoms with Gasteiger partial charge in [0.2, 0.25) is 5.88 Å². The normalized spacial score (nSPS) is 10.2. The van der Waals surface area contributed by atoms with Crippen LogP contribution < -0.4 is 4.74 Å². The predicted octanol–water partition coefficient (Wildman–Crippen LogP) is 4.36. The van der Waals surface area contributed by atoms with Crippen LogP contribution in [0.4, 0.5) is 0 Å². The molecule has 2 nitrogen and oxygen atoms in total. The molecule has 2 aromatic rings. The molecule has 81 valence electrons. The summed E-state index contributed by atoms with van der Waals surface area (Å²) >= 11 is 11.7. The van der Waals surface area contributed by atoms with Crippen molar-refractivity contribution in [1.82, 2.24) is 4.98 Å². The molecule has 16 heavy (non-hydrogen) atoms. The second-order valence-electron chi connectivity index (χ2n) is 3.18. The average Bonchev–Trinajstić information content (AvgIpc) is 2.25. The standard InChI is InChI=1S/C12H8Cl2NO/c1-8-2-5-12(15-7-8)16-11-4-3-9(13)6-10(11)14/h2-7H,1H2. The summed E-state index contributed by atoms with van der Waals surface area (Å²) in [6, 6.07) is 8.57. The van der Waals surface area contributed by atoms with Gasteiger partial charge in [-0.05, 0) is 30.7 Å². The molecule has 1 aromatic heterocycles. The van der Waals surface area contributed by atoms with Crippen molar-refractivity contribution in [3.63, 3.8) is 0 Å². The second kappa shape index (κ2) is 4.73. The number of halogens is 2. The number of ether oxygens (including phenoxy) is 1. The van der Waals surface area contributed by atoms with Crippen molar-refractivity contribution in [2.24, 2.45) is 0 Å². The number of hydrogen-bond acceptors (Lipinski definition) is 2. The molecule has 0 amide bonds. The van der Waals surface area contributed by atoms with Gasteiger partial charge >= 0.3 is 0 Å². The van der Waals surface area contributed by atoms with Crippen molar-refractivity contribution in [3.05, 3.63) is 59.1 Å². The number of nitrogens with zero attached hydrogens (tertiary/aromatic N) is 1. The minimum atomic E-state index is 0.452. The van der Waals surface area contributed by atoms with Gasteiger partial charge in [0.25, 0.3) is 0 Å². The van der Waals surface area contributed by atoms with Crippen molar-refractivity contribution >= 4 is 23.2 Å². The molecule has 4 heteroatoms. The van der Waals surface area contributed by atoms with Crippen LogP contribution in [0.3, 0.4) is 0 Å². The summed E-state index contributed by atoms with van der Waals surface area (Å²) in [6.07, 6.45) is 1.62. The topological polar surface area (TPSA) is 22.1 Å². The monoisotopic (exact) mass is 252 g/mol. The van der Waals surface area contributed by atoms with Crippen molar-refractivity contribution in [2.75, 3.05) is 0 Å². The van der Waals surface area contributed by atoms with E-state index in [2.05, 4.69) is 11.9 Å². The fraction of sp³-hybridized carbons (Fsp3) is 0. The van der Waals surface area contributed by atoms with Crippen LogP contribution >= 0.6 is 23.2 Å². The van der Waals surface area contributed by atoms with Crippen LogP contribution in [-0.2, 0) is 0 Å². The lowest BCUT2D eigenvalue weighted by Gasteiger charge is -2.06. The summed E-state index contributed by atoms with van der Waals surface area (Å²) in [6.45, 7) is 3.74. The maximum atomic E-state index is 5.96. The van der Waals surface area contributed by atoms with E-state index in [1.54, 1.807) is 30.5 Å². The SMILES string of the molecule is [CH2]c1ccc(Oc2ccc(Cl)cc2Cl)nc1. The molecule has 0 aliphatic heterocycles. The molecule has 0 unspecified atom stereocenters. The summed E-state index contributed by atoms with van der Waals surface area (Å²) in [5, 5.41) is 1.02. The maximum Gasteiger partial charge on any atom is 0.219 e. The molecule has 0 saturated carbocycles. The Kier molecular flexibility index (Phi) is 3.32. The molecule has 1 heterocycles. The first-order valence-electron chi connectivity index (χ1n) is 4.56. The van der Waals surface area contributed by atoms with Crippen LogP contribution in [0, 0.1) is 6.92 Å². The van der Waals surface area contributed by atoms with Crippen molar-refractivity contribution in [2.45, 2.75) is 0 Å². The van der Waals surface area contributed by atoms with Crippen molar-refractivity contribution in [3.8, 4) is 11.6 Å². The highest BCUT2D eigenvalue weighted by molar-refractivity contribution is 6.35. The van der Waals surface area contributed by atoms with E-state index in [9.17, 15) is 0 Å². The van der Waals surface area contributed by atoms with Crippen molar-refractivity contribution in [1.29, 1.82) is 0 Å². The zero-order valence-corrected chi connectivity index (χ0v) is 9.79. The summed E-state index contributed by atoms with van der Waals surface area (Å²) in [7, 11) is 0. The first kappa shape index (κ1) is 11.2. The molecule has 0 bridgehead atoms. The van der Waals surface area contributed by atoms with Crippen LogP contribution in [0.2, 0.25) is 10.0 Å². The van der Waals surface area contributed by atoms with Gasteiger partial charge in [-0.1, -0.05) is 29.3 Å². The molecule has 1 aromatic carbocycles. The largest absolute Gasteiger partial charge is 0.437 e. The number of pyridine rings is 1. The molecule has 0 atom stereocenters. The third kappa shape index (κ3) is 2.65. The van der Waals surface area contributed by atoms with E-state index < -0.39 is 0 Å². The van der Waals surface area contributed by atoms with Crippen molar-refractivity contribution < 1.29 is 4.74 Å². The van der Waals surface area contributed by atoms with Crippen LogP contribution in [0.25, 0.3) is 0 Å². The van der Waals surface area contributed by atoms with E-state index >= 15 is 0 Å². The van der Waals surface area contributed by atoms with E-state index in [1.807, 2.05) is 6.07 Å². The minimum absolute atomic E-state index is 0.452. The zero-order valence-electron chi connectivity index (χ0n) is 8.28. The quantitative estimate of drug-likeness (QED) is 0.793. The van der Waals surface area contributed by atoms with E-state index in [1.165, 1.54) is 0 Å². The molecule has 0 N–H and O–H groups in total. The predicted molar refractivity (Wildman–Crippen MR) is 65.2 cm³/mol. The Bertz CT molecular complexity index is 497. The van der Waals surface area contributed by atoms with E-state index in [0.29, 0.717) is 21.7 Å². The van der Waals surface area contributed by atoms with E-state index in [-0.39, 0.29) is 0 Å². The van der Waals surface area contributed by atoms with Gasteiger partial charge in [-0.25, -0.2) is 4.98 Å². The van der Waals surface area contributed by atoms with Crippen LogP contribution in [0.5, 0.6) is 11.6 Å². The number of rotatable bonds is 2. The lowest BCUT2D eigenvalue weighted by atomic mass is 10.3. The molecular formula is C12H8Cl2NO. The van der Waals surface area contributed by atoms with Gasteiger partial charge in [0.15, 0.2) is 0 Å². The molecule has 0 aliphatic carbocycles. The molecule has 1 radical (unpaired) electrons. The fourth-order valence-electron chi connectivity index (χ4n) is 1.14. The highest BCUT2D eigenvalue weighted by Gasteiger charge is 2.04. The molecule has 0 fully saturated rings. The Morgan fingerprint density at radius 1 is 1.12 bits per heavy atom. The smallest absolute Gasteiger partial charge is 0.219 e. The first-order valence-corrected chi connectivity index (χ1v) is 5.31. The van der Waals surface area contributed by atoms with Gasteiger partial charge in [-0.15, -0.1) is 0 Å². The first-order chi connectivity index (χ1) is 7.65. The second-order valence-corrected chi connectivity index (χ2v) is 4.03. The molecule has 0 aliphatic rings. The highest BCUT2D eigenvalue weighted by Crippen LogP contribution is 2.30. The summed E-state index contributed by atoms with van der Waals surface area (Å²) in [4.78, 5) is 4.06. The van der Waals surface area contributed by atoms with Gasteiger partial charge in [-0.3, -0.25) is 0 Å². The lowest BCUT2D eigenvalue weighted by molar-refractivity contribution is 0.463. The van der Waals surface area contributed by atoms with Gasteiger partial charge in [0.05, 0.1) is 5.02 Å². The van der Waals surface area contributed by atoms with Crippen LogP contribution in [0.15, 0.2) is 36.5 Å². The lowest BCUT2D eigenvalue weighted by Crippen LogP contribution is -1.88. The van der Waals surface area contributed by atoms with Gasteiger partial charge in [0, 0.05) is 17.3 Å². The minimum Gasteiger partial charge on any atom is -0.437 e. The number of benzene rings is 1. The molecular weight excluding hydrogens is 245 g/mol. The summed E-state index contributed by atoms with van der Waals surface area (Å²) < 4.78 is 5.49. The average molecular weight is 253 g/mol. The third-order valence-corrected chi connectivity index (χ3v) is 2.44. The zero-order chi connectivity index (χ0) is 11.5. The maximum absolute atomic E-state index is 5.96. The highest BCUT2D eigenvalue weighted by atomic mass is 35.5. The van der Waals surface area contributed by atoms with Gasteiger partial charge in [0.1, 0.15) is 5.75 Å². The Morgan fingerprint density at radius 2 is 1.94 bits per heavy atom. The van der Waals surface area contributed by atoms with Gasteiger partial charge in [-0.2, -0.15) is 0 Å². The fourth-order valence-corrected chi connectivity index (χ4v) is 1.59. The summed E-state index contributed by atoms with van der Waals surface area (Å²) in [5.74, 6) is 0.993. The van der Waals surface area contributed by atoms with E-state index in [4.69, 9.17) is 27.9 Å². The Hall–Kier alpha value is -1.25. The van der Waals surface area contributed by atoms with Gasteiger partial charge < -0.3 is 4.74 Å². The van der Waals surface area contributed by atoms with Crippen LogP contribution in [-0.4, -0.2) is 4.98 Å². The number of hydrogen-bond donors (Lipinski definition) is 0. The molecule has 0 spiro atoms. The Balaban J connectivity index is 2.23. The third-order valence-electron chi connectivity index (χ3n) is 1.91. The Labute approximate surface area is 104 Å². The summed E-state index contributed by atoms with van der Waals surface area (Å²) in [5.41, 5.74) is 0.828. The molecule has 0 saturated heterocycles. The van der Waals surface area contributed by atoms with Crippen LogP contribution in [0.1, 0.15) is 5.56 Å².